The number of rotatable bonds is 4. The molecule has 1 aromatic rings. The Bertz CT molecular complexity index is 923. The van der Waals surface area contributed by atoms with E-state index in [-0.39, 0.29) is 37.0 Å². The second-order valence-corrected chi connectivity index (χ2v) is 11.0. The summed E-state index contributed by atoms with van der Waals surface area (Å²) in [6.07, 6.45) is 6.55. The molecule has 1 aromatic carbocycles. The van der Waals surface area contributed by atoms with Crippen molar-refractivity contribution >= 4 is 23.9 Å². The molecule has 8 heteroatoms. The Morgan fingerprint density at radius 3 is 1.32 bits per heavy atom. The number of urea groups is 2. The smallest absolute Gasteiger partial charge is 0.323 e. The van der Waals surface area contributed by atoms with E-state index in [0.717, 1.165) is 36.8 Å². The number of carbonyl (C=O) groups excluding carboxylic acids is 4. The summed E-state index contributed by atoms with van der Waals surface area (Å²) in [7, 11) is 0. The molecule has 8 nitrogen and oxygen atoms in total. The van der Waals surface area contributed by atoms with E-state index in [1.54, 1.807) is 0 Å². The van der Waals surface area contributed by atoms with E-state index in [1.165, 1.54) is 9.80 Å². The molecule has 2 saturated carbocycles. The maximum absolute atomic E-state index is 13.1. The van der Waals surface area contributed by atoms with Crippen molar-refractivity contribution in [2.75, 3.05) is 0 Å². The van der Waals surface area contributed by atoms with E-state index in [2.05, 4.69) is 24.5 Å². The van der Waals surface area contributed by atoms with Gasteiger partial charge in [-0.25, -0.2) is 9.59 Å². The minimum atomic E-state index is -0.736. The van der Waals surface area contributed by atoms with Crippen LogP contribution in [0, 0.1) is 11.8 Å². The summed E-state index contributed by atoms with van der Waals surface area (Å²) in [6, 6.07) is 6.80. The molecule has 0 bridgehead atoms. The highest BCUT2D eigenvalue weighted by Gasteiger charge is 2.53. The number of carbonyl (C=O) groups is 4. The maximum Gasteiger partial charge on any atom is 0.325 e. The number of imide groups is 2. The van der Waals surface area contributed by atoms with Crippen molar-refractivity contribution in [1.29, 1.82) is 0 Å². The van der Waals surface area contributed by atoms with E-state index < -0.39 is 11.1 Å². The zero-order chi connectivity index (χ0) is 24.1. The molecule has 182 valence electrons. The first-order chi connectivity index (χ1) is 16.2. The van der Waals surface area contributed by atoms with Gasteiger partial charge in [0.05, 0.1) is 13.1 Å². The van der Waals surface area contributed by atoms with Gasteiger partial charge in [0.25, 0.3) is 11.8 Å². The largest absolute Gasteiger partial charge is 0.325 e. The molecule has 5 rings (SSSR count). The zero-order valence-electron chi connectivity index (χ0n) is 20.1. The molecule has 0 radical (unpaired) electrons. The van der Waals surface area contributed by atoms with Crippen LogP contribution in [0.1, 0.15) is 76.3 Å². The van der Waals surface area contributed by atoms with Gasteiger partial charge >= 0.3 is 12.1 Å². The fraction of sp³-hybridized carbons (Fsp3) is 0.615. The van der Waals surface area contributed by atoms with E-state index >= 15 is 0 Å². The first-order valence-corrected chi connectivity index (χ1v) is 12.6. The van der Waals surface area contributed by atoms with E-state index in [4.69, 9.17) is 0 Å². The molecule has 0 atom stereocenters. The van der Waals surface area contributed by atoms with Gasteiger partial charge in [-0.05, 0) is 74.3 Å². The Kier molecular flexibility index (Phi) is 5.65. The molecule has 2 heterocycles. The third kappa shape index (κ3) is 3.87. The highest BCUT2D eigenvalue weighted by molar-refractivity contribution is 6.07. The summed E-state index contributed by atoms with van der Waals surface area (Å²) in [4.78, 5) is 54.0. The lowest BCUT2D eigenvalue weighted by molar-refractivity contribution is -0.133. The van der Waals surface area contributed by atoms with Crippen LogP contribution < -0.4 is 10.6 Å². The Balaban J connectivity index is 1.22. The first kappa shape index (κ1) is 22.9. The number of benzene rings is 1. The van der Waals surface area contributed by atoms with Gasteiger partial charge in [-0.2, -0.15) is 0 Å². The standard InChI is InChI=1S/C26H34N4O4/c1-17-7-11-25(12-8-17)21(31)29(23(33)27-25)15-19-3-5-20(6-4-19)16-30-22(32)26(28-24(30)34)13-9-18(2)10-14-26/h3-6,17-18H,7-16H2,1-2H3,(H,27,33)(H,28,34). The van der Waals surface area contributed by atoms with Crippen LogP contribution in [-0.2, 0) is 22.7 Å². The lowest BCUT2D eigenvalue weighted by Crippen LogP contribution is -2.49. The Morgan fingerprint density at radius 1 is 0.676 bits per heavy atom. The van der Waals surface area contributed by atoms with Crippen molar-refractivity contribution in [3.8, 4) is 0 Å². The SMILES string of the molecule is CC1CCC2(CC1)NC(=O)N(Cc1ccc(CN3C(=O)NC4(CCC(C)CC4)C3=O)cc1)C2=O. The quantitative estimate of drug-likeness (QED) is 0.661. The molecule has 2 aliphatic heterocycles. The number of hydrogen-bond donors (Lipinski definition) is 2. The van der Waals surface area contributed by atoms with Crippen LogP contribution in [0.25, 0.3) is 0 Å². The summed E-state index contributed by atoms with van der Waals surface area (Å²) in [5.74, 6) is 0.913. The van der Waals surface area contributed by atoms with E-state index in [9.17, 15) is 19.2 Å². The number of nitrogens with zero attached hydrogens (tertiary/aromatic N) is 2. The first-order valence-electron chi connectivity index (χ1n) is 12.6. The fourth-order valence-corrected chi connectivity index (χ4v) is 5.94. The average Bonchev–Trinajstić information content (AvgIpc) is 3.19. The van der Waals surface area contributed by atoms with Gasteiger partial charge in [0.2, 0.25) is 0 Å². The van der Waals surface area contributed by atoms with Crippen LogP contribution in [0.15, 0.2) is 24.3 Å². The molecule has 2 aliphatic carbocycles. The van der Waals surface area contributed by atoms with Gasteiger partial charge in [0.15, 0.2) is 0 Å². The molecule has 4 aliphatic rings. The average molecular weight is 467 g/mol. The molecule has 2 spiro atoms. The minimum Gasteiger partial charge on any atom is -0.323 e. The van der Waals surface area contributed by atoms with Crippen LogP contribution in [-0.4, -0.2) is 44.8 Å². The molecule has 0 aromatic heterocycles. The number of amides is 6. The van der Waals surface area contributed by atoms with Gasteiger partial charge < -0.3 is 10.6 Å². The maximum atomic E-state index is 13.1. The van der Waals surface area contributed by atoms with Gasteiger partial charge in [0, 0.05) is 0 Å². The van der Waals surface area contributed by atoms with Crippen LogP contribution in [0.5, 0.6) is 0 Å². The predicted octanol–water partition coefficient (Wildman–Crippen LogP) is 3.69. The van der Waals surface area contributed by atoms with Crippen molar-refractivity contribution in [3.05, 3.63) is 35.4 Å². The Labute approximate surface area is 200 Å². The topological polar surface area (TPSA) is 98.8 Å². The third-order valence-corrected chi connectivity index (χ3v) is 8.45. The van der Waals surface area contributed by atoms with Gasteiger partial charge in [-0.3, -0.25) is 19.4 Å². The zero-order valence-corrected chi connectivity index (χ0v) is 20.1. The summed E-state index contributed by atoms with van der Waals surface area (Å²) in [5.41, 5.74) is 0.201. The molecule has 6 amide bonds. The van der Waals surface area contributed by atoms with Gasteiger partial charge in [-0.15, -0.1) is 0 Å². The lowest BCUT2D eigenvalue weighted by atomic mass is 9.77. The fourth-order valence-electron chi connectivity index (χ4n) is 5.94. The minimum absolute atomic E-state index is 0.125. The van der Waals surface area contributed by atoms with Crippen LogP contribution in [0.3, 0.4) is 0 Å². The highest BCUT2D eigenvalue weighted by Crippen LogP contribution is 2.38. The molecule has 2 N–H and O–H groups in total. The van der Waals surface area contributed by atoms with Crippen molar-refractivity contribution < 1.29 is 19.2 Å². The Hall–Kier alpha value is -2.90. The summed E-state index contributed by atoms with van der Waals surface area (Å²) < 4.78 is 0. The van der Waals surface area contributed by atoms with Crippen molar-refractivity contribution in [2.24, 2.45) is 11.8 Å². The summed E-state index contributed by atoms with van der Waals surface area (Å²) in [6.45, 7) is 4.80. The van der Waals surface area contributed by atoms with Crippen LogP contribution in [0.4, 0.5) is 9.59 Å². The third-order valence-electron chi connectivity index (χ3n) is 8.45. The van der Waals surface area contributed by atoms with Crippen LogP contribution >= 0.6 is 0 Å². The summed E-state index contributed by atoms with van der Waals surface area (Å²) >= 11 is 0. The second-order valence-electron chi connectivity index (χ2n) is 11.0. The van der Waals surface area contributed by atoms with Crippen molar-refractivity contribution in [2.45, 2.75) is 89.4 Å². The Morgan fingerprint density at radius 2 is 1.00 bits per heavy atom. The molecular weight excluding hydrogens is 432 g/mol. The summed E-state index contributed by atoms with van der Waals surface area (Å²) in [5, 5.41) is 5.92. The molecule has 0 unspecified atom stereocenters. The van der Waals surface area contributed by atoms with E-state index in [0.29, 0.717) is 37.5 Å². The predicted molar refractivity (Wildman–Crippen MR) is 125 cm³/mol. The molecular formula is C26H34N4O4. The normalized spacial score (nSPS) is 33.7. The molecule has 2 saturated heterocycles. The molecule has 4 fully saturated rings. The van der Waals surface area contributed by atoms with Gasteiger partial charge in [-0.1, -0.05) is 38.1 Å². The highest BCUT2D eigenvalue weighted by atomic mass is 16.2. The number of nitrogens with one attached hydrogen (secondary N) is 2. The van der Waals surface area contributed by atoms with Crippen molar-refractivity contribution in [3.63, 3.8) is 0 Å². The number of hydrogen-bond acceptors (Lipinski definition) is 4. The van der Waals surface area contributed by atoms with Crippen LogP contribution in [0.2, 0.25) is 0 Å². The lowest BCUT2D eigenvalue weighted by Gasteiger charge is -2.33. The van der Waals surface area contributed by atoms with E-state index in [1.807, 2.05) is 24.3 Å². The van der Waals surface area contributed by atoms with Gasteiger partial charge in [0.1, 0.15) is 11.1 Å². The van der Waals surface area contributed by atoms with Crippen molar-refractivity contribution in [1.82, 2.24) is 20.4 Å². The monoisotopic (exact) mass is 466 g/mol. The molecule has 34 heavy (non-hydrogen) atoms. The second kappa shape index (κ2) is 8.40.